The molecule has 0 aliphatic heterocycles. The van der Waals surface area contributed by atoms with Crippen molar-refractivity contribution < 1.29 is 19.4 Å². The van der Waals surface area contributed by atoms with Crippen molar-refractivity contribution in [1.82, 2.24) is 10.2 Å². The molecule has 0 unspecified atom stereocenters. The lowest BCUT2D eigenvalue weighted by molar-refractivity contribution is 0.0189. The molecule has 7 heteroatoms. The number of aliphatic hydroxyl groups is 2. The van der Waals surface area contributed by atoms with Gasteiger partial charge in [-0.2, -0.15) is 0 Å². The van der Waals surface area contributed by atoms with Gasteiger partial charge in [0.1, 0.15) is 11.9 Å². The third kappa shape index (κ3) is 4.80. The summed E-state index contributed by atoms with van der Waals surface area (Å²) in [6.45, 7) is 1.58. The number of benzene rings is 2. The van der Waals surface area contributed by atoms with Gasteiger partial charge in [0.05, 0.1) is 18.2 Å². The van der Waals surface area contributed by atoms with Crippen LogP contribution in [-0.4, -0.2) is 38.7 Å². The van der Waals surface area contributed by atoms with Crippen LogP contribution in [0.1, 0.15) is 44.2 Å². The topological polar surface area (TPSA) is 101 Å². The van der Waals surface area contributed by atoms with Gasteiger partial charge in [-0.1, -0.05) is 18.2 Å². The average Bonchev–Trinajstić information content (AvgIpc) is 3.46. The van der Waals surface area contributed by atoms with Crippen LogP contribution in [0.15, 0.2) is 59.3 Å². The Labute approximate surface area is 175 Å². The highest BCUT2D eigenvalue weighted by atomic mass is 16.5. The highest BCUT2D eigenvalue weighted by molar-refractivity contribution is 5.61. The van der Waals surface area contributed by atoms with Crippen LogP contribution in [0.25, 0.3) is 11.5 Å². The molecule has 0 amide bonds. The van der Waals surface area contributed by atoms with Crippen molar-refractivity contribution in [2.45, 2.75) is 57.0 Å². The molecule has 4 rings (SSSR count). The van der Waals surface area contributed by atoms with E-state index in [1.807, 2.05) is 48.5 Å². The summed E-state index contributed by atoms with van der Waals surface area (Å²) in [5.74, 6) is 1.20. The number of aliphatic hydroxyl groups excluding tert-OH is 2. The molecule has 1 aliphatic carbocycles. The van der Waals surface area contributed by atoms with Crippen LogP contribution in [0.4, 0.5) is 5.69 Å². The van der Waals surface area contributed by atoms with Gasteiger partial charge in [-0.15, -0.1) is 10.2 Å². The van der Waals surface area contributed by atoms with Gasteiger partial charge in [0.2, 0.25) is 12.3 Å². The van der Waals surface area contributed by atoms with Crippen LogP contribution >= 0.6 is 0 Å². The summed E-state index contributed by atoms with van der Waals surface area (Å²) in [6.07, 6.45) is 4.15. The van der Waals surface area contributed by atoms with Gasteiger partial charge >= 0.3 is 0 Å². The maximum absolute atomic E-state index is 10.7. The summed E-state index contributed by atoms with van der Waals surface area (Å²) in [4.78, 5) is 0. The summed E-state index contributed by atoms with van der Waals surface area (Å²) in [6, 6.07) is 14.7. The molecule has 3 aromatic rings. The van der Waals surface area contributed by atoms with Crippen molar-refractivity contribution in [3.8, 4) is 17.2 Å². The molecule has 2 aromatic carbocycles. The summed E-state index contributed by atoms with van der Waals surface area (Å²) in [5, 5.41) is 31.8. The molecule has 3 atom stereocenters. The highest BCUT2D eigenvalue weighted by Crippen LogP contribution is 2.31. The number of anilines is 1. The van der Waals surface area contributed by atoms with E-state index < -0.39 is 18.2 Å². The summed E-state index contributed by atoms with van der Waals surface area (Å²) in [5.41, 5.74) is 2.36. The van der Waals surface area contributed by atoms with E-state index in [0.717, 1.165) is 35.4 Å². The fourth-order valence-electron chi connectivity index (χ4n) is 3.84. The molecule has 3 N–H and O–H groups in total. The minimum Gasteiger partial charge on any atom is -0.490 e. The van der Waals surface area contributed by atoms with E-state index >= 15 is 0 Å². The van der Waals surface area contributed by atoms with Crippen molar-refractivity contribution in [2.75, 3.05) is 5.32 Å². The second-order valence-electron chi connectivity index (χ2n) is 7.77. The van der Waals surface area contributed by atoms with Crippen LogP contribution in [0.3, 0.4) is 0 Å². The second-order valence-corrected chi connectivity index (χ2v) is 7.77. The van der Waals surface area contributed by atoms with Crippen molar-refractivity contribution in [3.05, 3.63) is 60.5 Å². The number of ether oxygens (including phenoxy) is 1. The molecule has 30 heavy (non-hydrogen) atoms. The molecule has 7 nitrogen and oxygen atoms in total. The Hall–Kier alpha value is -2.90. The van der Waals surface area contributed by atoms with E-state index in [-0.39, 0.29) is 6.10 Å². The molecule has 1 aromatic heterocycles. The number of nitrogens with one attached hydrogen (secondary N) is 1. The Morgan fingerprint density at radius 1 is 1.10 bits per heavy atom. The first kappa shape index (κ1) is 20.4. The van der Waals surface area contributed by atoms with E-state index in [1.165, 1.54) is 19.2 Å². The van der Waals surface area contributed by atoms with Gasteiger partial charge in [-0.3, -0.25) is 0 Å². The van der Waals surface area contributed by atoms with E-state index in [9.17, 15) is 10.2 Å². The SMILES string of the molecule is C[C@H](O)[C@@H](O)[C@H](Nc1cccc(-c2nnco2)c1)c1cccc(OC2CCCC2)c1. The largest absolute Gasteiger partial charge is 0.490 e. The molecule has 1 aliphatic rings. The zero-order valence-corrected chi connectivity index (χ0v) is 16.9. The van der Waals surface area contributed by atoms with Crippen LogP contribution in [0, 0.1) is 0 Å². The Morgan fingerprint density at radius 3 is 2.63 bits per heavy atom. The Kier molecular flexibility index (Phi) is 6.30. The summed E-state index contributed by atoms with van der Waals surface area (Å²) < 4.78 is 11.4. The number of rotatable bonds is 8. The molecule has 158 valence electrons. The molecule has 0 spiro atoms. The van der Waals surface area contributed by atoms with Gasteiger partial charge in [-0.05, 0) is 68.5 Å². The predicted molar refractivity (Wildman–Crippen MR) is 113 cm³/mol. The molecule has 1 heterocycles. The van der Waals surface area contributed by atoms with Crippen molar-refractivity contribution >= 4 is 5.69 Å². The maximum Gasteiger partial charge on any atom is 0.247 e. The van der Waals surface area contributed by atoms with E-state index in [2.05, 4.69) is 15.5 Å². The van der Waals surface area contributed by atoms with Gasteiger partial charge in [0, 0.05) is 11.3 Å². The lowest BCUT2D eigenvalue weighted by Crippen LogP contribution is -2.34. The van der Waals surface area contributed by atoms with Crippen LogP contribution in [0.5, 0.6) is 5.75 Å². The fourth-order valence-corrected chi connectivity index (χ4v) is 3.84. The van der Waals surface area contributed by atoms with Crippen molar-refractivity contribution in [3.63, 3.8) is 0 Å². The minimum absolute atomic E-state index is 0.249. The second kappa shape index (κ2) is 9.28. The van der Waals surface area contributed by atoms with Crippen molar-refractivity contribution in [2.24, 2.45) is 0 Å². The fraction of sp³-hybridized carbons (Fsp3) is 0.391. The number of aromatic nitrogens is 2. The number of hydrogen-bond donors (Lipinski definition) is 3. The van der Waals surface area contributed by atoms with Gasteiger partial charge in [0.15, 0.2) is 0 Å². The molecule has 0 bridgehead atoms. The first-order valence-electron chi connectivity index (χ1n) is 10.4. The van der Waals surface area contributed by atoms with Crippen LogP contribution < -0.4 is 10.1 Å². The van der Waals surface area contributed by atoms with E-state index in [0.29, 0.717) is 5.89 Å². The highest BCUT2D eigenvalue weighted by Gasteiger charge is 2.26. The summed E-state index contributed by atoms with van der Waals surface area (Å²) >= 11 is 0. The van der Waals surface area contributed by atoms with Gasteiger partial charge in [0.25, 0.3) is 0 Å². The Morgan fingerprint density at radius 2 is 1.90 bits per heavy atom. The lowest BCUT2D eigenvalue weighted by atomic mass is 9.97. The number of nitrogens with zero attached hydrogens (tertiary/aromatic N) is 2. The Bertz CT molecular complexity index is 939. The normalized spacial score (nSPS) is 17.4. The van der Waals surface area contributed by atoms with Crippen LogP contribution in [-0.2, 0) is 0 Å². The van der Waals surface area contributed by atoms with Crippen molar-refractivity contribution in [1.29, 1.82) is 0 Å². The van der Waals surface area contributed by atoms with E-state index in [1.54, 1.807) is 6.92 Å². The van der Waals surface area contributed by atoms with Gasteiger partial charge in [-0.25, -0.2) is 0 Å². The standard InChI is InChI=1S/C23H27N3O4/c1-15(27)22(28)21(16-6-5-11-20(13-16)30-19-9-2-3-10-19)25-18-8-4-7-17(12-18)23-26-24-14-29-23/h4-8,11-15,19,21-22,25,27-28H,2-3,9-10H2,1H3/t15-,21+,22+/m0/s1. The predicted octanol–water partition coefficient (Wildman–Crippen LogP) is 3.95. The Balaban J connectivity index is 1.59. The molecule has 1 fully saturated rings. The quantitative estimate of drug-likeness (QED) is 0.518. The first-order valence-corrected chi connectivity index (χ1v) is 10.4. The molecule has 1 saturated carbocycles. The molecular weight excluding hydrogens is 382 g/mol. The monoisotopic (exact) mass is 409 g/mol. The molecule has 0 radical (unpaired) electrons. The smallest absolute Gasteiger partial charge is 0.247 e. The van der Waals surface area contributed by atoms with E-state index in [4.69, 9.17) is 9.15 Å². The first-order chi connectivity index (χ1) is 14.6. The lowest BCUT2D eigenvalue weighted by Gasteiger charge is -2.28. The average molecular weight is 409 g/mol. The van der Waals surface area contributed by atoms with Gasteiger partial charge < -0.3 is 24.7 Å². The maximum atomic E-state index is 10.7. The zero-order valence-electron chi connectivity index (χ0n) is 16.9. The summed E-state index contributed by atoms with van der Waals surface area (Å²) in [7, 11) is 0. The molecule has 0 saturated heterocycles. The number of hydrogen-bond acceptors (Lipinski definition) is 7. The third-order valence-corrected chi connectivity index (χ3v) is 5.45. The molecular formula is C23H27N3O4. The zero-order chi connectivity index (χ0) is 20.9. The van der Waals surface area contributed by atoms with Crippen LogP contribution in [0.2, 0.25) is 0 Å². The minimum atomic E-state index is -1.02. The third-order valence-electron chi connectivity index (χ3n) is 5.45.